The molecular formula is C33H36FN7O3. The van der Waals surface area contributed by atoms with Gasteiger partial charge in [-0.05, 0) is 62.4 Å². The second-order valence-electron chi connectivity index (χ2n) is 11.0. The highest BCUT2D eigenvalue weighted by molar-refractivity contribution is 6.06. The lowest BCUT2D eigenvalue weighted by atomic mass is 10.1. The fourth-order valence-corrected chi connectivity index (χ4v) is 4.95. The van der Waals surface area contributed by atoms with Gasteiger partial charge in [0.1, 0.15) is 17.1 Å². The molecule has 2 heterocycles. The van der Waals surface area contributed by atoms with E-state index in [9.17, 15) is 9.59 Å². The third-order valence-corrected chi connectivity index (χ3v) is 7.50. The van der Waals surface area contributed by atoms with Gasteiger partial charge in [0.05, 0.1) is 11.3 Å². The minimum atomic E-state index is -0.483. The van der Waals surface area contributed by atoms with Crippen LogP contribution in [0.1, 0.15) is 31.8 Å². The van der Waals surface area contributed by atoms with Crippen molar-refractivity contribution >= 4 is 34.8 Å². The number of hydrogen-bond acceptors (Lipinski definition) is 8. The van der Waals surface area contributed by atoms with E-state index < -0.39 is 5.91 Å². The number of likely N-dealkylation sites (N-methyl/N-ethyl adjacent to an activating group) is 1. The third kappa shape index (κ3) is 6.78. The molecule has 228 valence electrons. The van der Waals surface area contributed by atoms with E-state index in [2.05, 4.69) is 32.5 Å². The van der Waals surface area contributed by atoms with Crippen LogP contribution < -0.4 is 20.3 Å². The van der Waals surface area contributed by atoms with Gasteiger partial charge in [-0.3, -0.25) is 9.59 Å². The number of anilines is 4. The lowest BCUT2D eigenvalue weighted by Crippen LogP contribution is -2.44. The van der Waals surface area contributed by atoms with Gasteiger partial charge in [0.15, 0.2) is 0 Å². The van der Waals surface area contributed by atoms with Crippen molar-refractivity contribution < 1.29 is 18.7 Å². The average molecular weight is 598 g/mol. The first-order chi connectivity index (χ1) is 21.1. The Hall–Kier alpha value is -5.03. The van der Waals surface area contributed by atoms with Crippen LogP contribution in [0, 0.1) is 19.7 Å². The largest absolute Gasteiger partial charge is 0.437 e. The fourth-order valence-electron chi connectivity index (χ4n) is 4.95. The number of piperazine rings is 1. The lowest BCUT2D eigenvalue weighted by Gasteiger charge is -2.34. The fraction of sp³-hybridized carbons (Fsp3) is 0.273. The minimum Gasteiger partial charge on any atom is -0.437 e. The Balaban J connectivity index is 1.47. The number of halogens is 1. The van der Waals surface area contributed by atoms with Crippen molar-refractivity contribution in [2.45, 2.75) is 13.8 Å². The van der Waals surface area contributed by atoms with E-state index in [0.29, 0.717) is 22.6 Å². The van der Waals surface area contributed by atoms with Crippen LogP contribution in [0.2, 0.25) is 0 Å². The van der Waals surface area contributed by atoms with Crippen molar-refractivity contribution in [3.8, 4) is 11.6 Å². The summed E-state index contributed by atoms with van der Waals surface area (Å²) in [6.07, 6.45) is 1.35. The van der Waals surface area contributed by atoms with E-state index in [1.165, 1.54) is 17.2 Å². The molecule has 2 amide bonds. The molecule has 0 bridgehead atoms. The third-order valence-electron chi connectivity index (χ3n) is 7.50. The molecule has 2 N–H and O–H groups in total. The quantitative estimate of drug-likeness (QED) is 0.276. The summed E-state index contributed by atoms with van der Waals surface area (Å²) in [5.74, 6) is -0.878. The van der Waals surface area contributed by atoms with Gasteiger partial charge in [-0.15, -0.1) is 0 Å². The minimum absolute atomic E-state index is 0.0573. The Kier molecular flexibility index (Phi) is 9.05. The van der Waals surface area contributed by atoms with Crippen LogP contribution in [0.25, 0.3) is 0 Å². The molecule has 1 fully saturated rings. The second-order valence-corrected chi connectivity index (χ2v) is 11.0. The number of rotatable bonds is 8. The SMILES string of the molecule is Cc1cccc(C)c1NC(=O)c1cnc(Nc2ccc(N3CCN(C)CC3)c(F)c2)nc1Oc1ccccc1C(=O)N(C)C. The van der Waals surface area contributed by atoms with E-state index >= 15 is 4.39 Å². The van der Waals surface area contributed by atoms with E-state index in [1.807, 2.05) is 36.9 Å². The number of aromatic nitrogens is 2. The first-order valence-electron chi connectivity index (χ1n) is 14.3. The van der Waals surface area contributed by atoms with Gasteiger partial charge in [-0.2, -0.15) is 4.98 Å². The molecule has 1 saturated heterocycles. The van der Waals surface area contributed by atoms with Gasteiger partial charge in [-0.1, -0.05) is 30.3 Å². The van der Waals surface area contributed by atoms with Crippen LogP contribution in [0.3, 0.4) is 0 Å². The Morgan fingerprint density at radius 1 is 0.932 bits per heavy atom. The Morgan fingerprint density at radius 3 is 2.32 bits per heavy atom. The summed E-state index contributed by atoms with van der Waals surface area (Å²) in [6, 6.07) is 17.3. The molecule has 1 aliphatic heterocycles. The molecule has 4 aromatic rings. The zero-order valence-electron chi connectivity index (χ0n) is 25.5. The summed E-state index contributed by atoms with van der Waals surface area (Å²) < 4.78 is 21.3. The smallest absolute Gasteiger partial charge is 0.262 e. The number of aryl methyl sites for hydroxylation is 2. The molecule has 0 unspecified atom stereocenters. The highest BCUT2D eigenvalue weighted by Crippen LogP contribution is 2.31. The summed E-state index contributed by atoms with van der Waals surface area (Å²) in [5, 5.41) is 5.96. The number of nitrogens with zero attached hydrogens (tertiary/aromatic N) is 5. The Bertz CT molecular complexity index is 1670. The maximum Gasteiger partial charge on any atom is 0.262 e. The van der Waals surface area contributed by atoms with Crippen molar-refractivity contribution in [2.75, 3.05) is 62.9 Å². The van der Waals surface area contributed by atoms with Crippen LogP contribution >= 0.6 is 0 Å². The van der Waals surface area contributed by atoms with Crippen molar-refractivity contribution in [3.05, 3.63) is 94.9 Å². The topological polar surface area (TPSA) is 103 Å². The number of amides is 2. The summed E-state index contributed by atoms with van der Waals surface area (Å²) in [7, 11) is 5.34. The van der Waals surface area contributed by atoms with Crippen molar-refractivity contribution in [3.63, 3.8) is 0 Å². The number of benzene rings is 3. The van der Waals surface area contributed by atoms with Crippen molar-refractivity contribution in [1.29, 1.82) is 0 Å². The number of hydrogen-bond donors (Lipinski definition) is 2. The predicted octanol–water partition coefficient (Wildman–Crippen LogP) is 5.47. The number of ether oxygens (including phenoxy) is 1. The van der Waals surface area contributed by atoms with Crippen LogP contribution in [0.4, 0.5) is 27.4 Å². The van der Waals surface area contributed by atoms with Crippen molar-refractivity contribution in [2.24, 2.45) is 0 Å². The zero-order valence-corrected chi connectivity index (χ0v) is 25.5. The molecule has 0 spiro atoms. The van der Waals surface area contributed by atoms with Gasteiger partial charge < -0.3 is 30.1 Å². The molecular weight excluding hydrogens is 561 g/mol. The molecule has 44 heavy (non-hydrogen) atoms. The van der Waals surface area contributed by atoms with Crippen LogP contribution in [-0.4, -0.2) is 78.9 Å². The van der Waals surface area contributed by atoms with E-state index in [0.717, 1.165) is 37.3 Å². The Morgan fingerprint density at radius 2 is 1.64 bits per heavy atom. The number of carbonyl (C=O) groups excluding carboxylic acids is 2. The summed E-state index contributed by atoms with van der Waals surface area (Å²) >= 11 is 0. The molecule has 10 nitrogen and oxygen atoms in total. The molecule has 11 heteroatoms. The number of nitrogens with one attached hydrogen (secondary N) is 2. The predicted molar refractivity (Wildman–Crippen MR) is 170 cm³/mol. The maximum atomic E-state index is 15.2. The molecule has 3 aromatic carbocycles. The molecule has 1 aromatic heterocycles. The molecule has 5 rings (SSSR count). The van der Waals surface area contributed by atoms with Crippen LogP contribution in [-0.2, 0) is 0 Å². The van der Waals surface area contributed by atoms with E-state index in [1.54, 1.807) is 50.5 Å². The highest BCUT2D eigenvalue weighted by atomic mass is 19.1. The van der Waals surface area contributed by atoms with E-state index in [-0.39, 0.29) is 34.9 Å². The van der Waals surface area contributed by atoms with Crippen LogP contribution in [0.5, 0.6) is 11.6 Å². The van der Waals surface area contributed by atoms with Gasteiger partial charge in [0, 0.05) is 57.8 Å². The first kappa shape index (κ1) is 30.4. The van der Waals surface area contributed by atoms with Gasteiger partial charge in [-0.25, -0.2) is 9.37 Å². The summed E-state index contributed by atoms with van der Waals surface area (Å²) in [5.41, 5.74) is 3.78. The molecule has 0 saturated carbocycles. The first-order valence-corrected chi connectivity index (χ1v) is 14.3. The molecule has 1 aliphatic rings. The zero-order chi connectivity index (χ0) is 31.4. The van der Waals surface area contributed by atoms with E-state index in [4.69, 9.17) is 4.74 Å². The summed E-state index contributed by atoms with van der Waals surface area (Å²) in [4.78, 5) is 40.9. The number of para-hydroxylation sites is 2. The van der Waals surface area contributed by atoms with Crippen LogP contribution in [0.15, 0.2) is 66.9 Å². The molecule has 0 radical (unpaired) electrons. The van der Waals surface area contributed by atoms with Gasteiger partial charge in [0.25, 0.3) is 11.8 Å². The molecule has 0 atom stereocenters. The standard InChI is InChI=1S/C33H36FN7O3/c1-21-9-8-10-22(2)29(21)37-30(42)25-20-35-33(38-31(25)44-28-12-7-6-11-24(28)32(43)39(3)4)36-23-13-14-27(26(34)19-23)41-17-15-40(5)16-18-41/h6-14,19-20H,15-18H2,1-5H3,(H,37,42)(H,35,36,38). The van der Waals surface area contributed by atoms with Gasteiger partial charge in [0.2, 0.25) is 11.8 Å². The van der Waals surface area contributed by atoms with Gasteiger partial charge >= 0.3 is 0 Å². The lowest BCUT2D eigenvalue weighted by molar-refractivity contribution is 0.0825. The normalized spacial score (nSPS) is 13.4. The number of carbonyl (C=O) groups is 2. The maximum absolute atomic E-state index is 15.2. The van der Waals surface area contributed by atoms with Crippen molar-refractivity contribution in [1.82, 2.24) is 19.8 Å². The monoisotopic (exact) mass is 597 g/mol. The average Bonchev–Trinajstić information content (AvgIpc) is 3.00. The second kappa shape index (κ2) is 13.1. The summed E-state index contributed by atoms with van der Waals surface area (Å²) in [6.45, 7) is 7.02. The highest BCUT2D eigenvalue weighted by Gasteiger charge is 2.22. The Labute approximate surface area is 256 Å². The molecule has 0 aliphatic carbocycles.